The van der Waals surface area contributed by atoms with Crippen molar-refractivity contribution in [2.75, 3.05) is 17.8 Å². The van der Waals surface area contributed by atoms with E-state index < -0.39 is 6.04 Å². The van der Waals surface area contributed by atoms with Crippen molar-refractivity contribution >= 4 is 46.3 Å². The first-order chi connectivity index (χ1) is 20.5. The molecule has 0 bridgehead atoms. The zero-order valence-electron chi connectivity index (χ0n) is 23.7. The molecule has 1 saturated carbocycles. The summed E-state index contributed by atoms with van der Waals surface area (Å²) in [6, 6.07) is 16.4. The summed E-state index contributed by atoms with van der Waals surface area (Å²) in [6.45, 7) is 0. The molecule has 1 aromatic heterocycles. The fourth-order valence-corrected chi connectivity index (χ4v) is 8.44. The van der Waals surface area contributed by atoms with Gasteiger partial charge in [-0.2, -0.15) is 11.8 Å². The Hall–Kier alpha value is -3.50. The lowest BCUT2D eigenvalue weighted by Crippen LogP contribution is -2.45. The van der Waals surface area contributed by atoms with Crippen LogP contribution in [-0.4, -0.2) is 65.2 Å². The summed E-state index contributed by atoms with van der Waals surface area (Å²) < 4.78 is 5.10. The number of para-hydroxylation sites is 1. The molecule has 7 rings (SSSR count). The Balaban J connectivity index is 1.03. The van der Waals surface area contributed by atoms with Gasteiger partial charge in [-0.05, 0) is 55.0 Å². The second kappa shape index (κ2) is 11.3. The van der Waals surface area contributed by atoms with Gasteiger partial charge >= 0.3 is 12.0 Å². The number of H-pyrrole nitrogens is 1. The average Bonchev–Trinajstić information content (AvgIpc) is 3.51. The number of thioether (sulfide) groups is 1. The number of unbranched alkanes of at least 4 members (excludes halogenated alkanes) is 1. The summed E-state index contributed by atoms with van der Waals surface area (Å²) in [5.41, 5.74) is 5.22. The molecule has 4 heterocycles. The molecule has 9 nitrogen and oxygen atoms in total. The highest BCUT2D eigenvalue weighted by molar-refractivity contribution is 8.00. The van der Waals surface area contributed by atoms with Gasteiger partial charge in [0.2, 0.25) is 5.91 Å². The molecule has 4 N–H and O–H groups in total. The number of amides is 3. The molecule has 5 atom stereocenters. The van der Waals surface area contributed by atoms with Gasteiger partial charge in [0, 0.05) is 52.2 Å². The van der Waals surface area contributed by atoms with Crippen LogP contribution in [0, 0.1) is 0 Å². The normalized spacial score (nSPS) is 26.3. The van der Waals surface area contributed by atoms with Gasteiger partial charge in [-0.25, -0.2) is 4.79 Å². The predicted molar refractivity (Wildman–Crippen MR) is 164 cm³/mol. The number of benzene rings is 2. The number of ether oxygens (including phenoxy) is 1. The van der Waals surface area contributed by atoms with Crippen molar-refractivity contribution in [3.8, 4) is 0 Å². The smallest absolute Gasteiger partial charge is 0.323 e. The Kier molecular flexibility index (Phi) is 7.35. The Labute approximate surface area is 249 Å². The molecular weight excluding hydrogens is 550 g/mol. The monoisotopic (exact) mass is 587 g/mol. The molecule has 10 heteroatoms. The van der Waals surface area contributed by atoms with Crippen LogP contribution in [0.5, 0.6) is 0 Å². The number of fused-ring (bicyclic) bond motifs is 4. The third kappa shape index (κ3) is 5.15. The van der Waals surface area contributed by atoms with Gasteiger partial charge in [-0.3, -0.25) is 14.9 Å². The van der Waals surface area contributed by atoms with E-state index in [1.165, 1.54) is 7.11 Å². The third-order valence-corrected chi connectivity index (χ3v) is 10.7. The minimum atomic E-state index is -0.439. The number of anilines is 1. The van der Waals surface area contributed by atoms with E-state index >= 15 is 0 Å². The fourth-order valence-electron chi connectivity index (χ4n) is 6.90. The molecule has 220 valence electrons. The lowest BCUT2D eigenvalue weighted by Gasteiger charge is -2.31. The molecule has 0 unspecified atom stereocenters. The number of aromatic nitrogens is 1. The molecule has 2 aromatic carbocycles. The highest BCUT2D eigenvalue weighted by Gasteiger charge is 2.42. The quantitative estimate of drug-likeness (QED) is 0.170. The molecule has 3 fully saturated rings. The Morgan fingerprint density at radius 1 is 1.05 bits per heavy atom. The first kappa shape index (κ1) is 27.3. The summed E-state index contributed by atoms with van der Waals surface area (Å²) in [5, 5.41) is 11.1. The second-order valence-corrected chi connectivity index (χ2v) is 13.2. The number of hydrogen-bond donors (Lipinski definition) is 4. The zero-order chi connectivity index (χ0) is 28.8. The van der Waals surface area contributed by atoms with Gasteiger partial charge in [0.1, 0.15) is 6.04 Å². The lowest BCUT2D eigenvalue weighted by molar-refractivity contribution is -0.143. The van der Waals surface area contributed by atoms with Crippen LogP contribution in [-0.2, 0) is 20.7 Å². The lowest BCUT2D eigenvalue weighted by atomic mass is 9.90. The number of nitrogens with one attached hydrogen (secondary N) is 4. The maximum absolute atomic E-state index is 13.4. The van der Waals surface area contributed by atoms with Crippen LogP contribution in [0.2, 0.25) is 0 Å². The summed E-state index contributed by atoms with van der Waals surface area (Å²) >= 11 is 1.92. The molecule has 3 amide bonds. The van der Waals surface area contributed by atoms with Crippen LogP contribution in [0.3, 0.4) is 0 Å². The SMILES string of the molecule is COC(=O)[C@H]1Cc2c([nH]c3ccccc23)[C@H](c2ccc(N(C(=O)CCCC[C@@H]3SC[C@@H]4NC(=O)N[C@@H]43)C3CC3)cc2)N1. The van der Waals surface area contributed by atoms with Crippen molar-refractivity contribution in [2.24, 2.45) is 0 Å². The molecule has 4 aliphatic rings. The molecule has 42 heavy (non-hydrogen) atoms. The van der Waals surface area contributed by atoms with E-state index in [1.807, 2.05) is 40.9 Å². The fraction of sp³-hybridized carbons (Fsp3) is 0.469. The maximum Gasteiger partial charge on any atom is 0.323 e. The number of carbonyl (C=O) groups excluding carboxylic acids is 3. The van der Waals surface area contributed by atoms with Crippen LogP contribution in [0.4, 0.5) is 10.5 Å². The van der Waals surface area contributed by atoms with E-state index in [-0.39, 0.29) is 42.1 Å². The van der Waals surface area contributed by atoms with Crippen molar-refractivity contribution in [3.63, 3.8) is 0 Å². The highest BCUT2D eigenvalue weighted by Crippen LogP contribution is 2.38. The summed E-state index contributed by atoms with van der Waals surface area (Å²) in [5.74, 6) is 0.867. The van der Waals surface area contributed by atoms with E-state index in [2.05, 4.69) is 45.2 Å². The van der Waals surface area contributed by atoms with Gasteiger partial charge in [0.25, 0.3) is 0 Å². The minimum Gasteiger partial charge on any atom is -0.468 e. The third-order valence-electron chi connectivity index (χ3n) is 9.15. The summed E-state index contributed by atoms with van der Waals surface area (Å²) in [6.07, 6.45) is 5.99. The van der Waals surface area contributed by atoms with Crippen molar-refractivity contribution < 1.29 is 19.1 Å². The van der Waals surface area contributed by atoms with E-state index in [0.29, 0.717) is 18.1 Å². The van der Waals surface area contributed by atoms with Gasteiger partial charge < -0.3 is 25.3 Å². The highest BCUT2D eigenvalue weighted by atomic mass is 32.2. The van der Waals surface area contributed by atoms with Crippen molar-refractivity contribution in [2.45, 2.75) is 80.4 Å². The number of aromatic amines is 1. The van der Waals surface area contributed by atoms with Crippen molar-refractivity contribution in [1.82, 2.24) is 20.9 Å². The number of rotatable bonds is 9. The van der Waals surface area contributed by atoms with Crippen LogP contribution >= 0.6 is 11.8 Å². The largest absolute Gasteiger partial charge is 0.468 e. The number of methoxy groups -OCH3 is 1. The molecule has 2 saturated heterocycles. The standard InChI is InChI=1S/C32H37N5O4S/c1-41-31(39)24-16-22-21-6-2-3-7-23(21)33-29(22)28(34-24)18-10-12-19(13-11-18)37(20-14-15-20)27(38)9-5-4-8-26-30-25(17-42-26)35-32(40)36-30/h2-3,6-7,10-13,20,24-26,28,30,33-34H,4-5,8-9,14-17H2,1H3,(H2,35,36,40)/t24-,25+,26+,28+,30+/m1/s1. The van der Waals surface area contributed by atoms with E-state index in [9.17, 15) is 14.4 Å². The Bertz CT molecular complexity index is 1500. The molecule has 0 radical (unpaired) electrons. The van der Waals surface area contributed by atoms with E-state index in [0.717, 1.165) is 71.3 Å². The number of carbonyl (C=O) groups is 3. The first-order valence-electron chi connectivity index (χ1n) is 15.0. The van der Waals surface area contributed by atoms with E-state index in [1.54, 1.807) is 0 Å². The number of esters is 1. The number of hydrogen-bond acceptors (Lipinski definition) is 6. The van der Waals surface area contributed by atoms with Gasteiger partial charge in [-0.1, -0.05) is 36.8 Å². The van der Waals surface area contributed by atoms with E-state index in [4.69, 9.17) is 4.74 Å². The van der Waals surface area contributed by atoms with Crippen LogP contribution in [0.15, 0.2) is 48.5 Å². The number of nitrogens with zero attached hydrogens (tertiary/aromatic N) is 1. The van der Waals surface area contributed by atoms with Crippen molar-refractivity contribution in [3.05, 3.63) is 65.4 Å². The predicted octanol–water partition coefficient (Wildman–Crippen LogP) is 4.17. The van der Waals surface area contributed by atoms with Gasteiger partial charge in [0.15, 0.2) is 0 Å². The first-order valence-corrected chi connectivity index (χ1v) is 16.1. The summed E-state index contributed by atoms with van der Waals surface area (Å²) in [7, 11) is 1.43. The topological polar surface area (TPSA) is 116 Å². The maximum atomic E-state index is 13.4. The molecule has 3 aromatic rings. The molecule has 3 aliphatic heterocycles. The Morgan fingerprint density at radius 2 is 1.86 bits per heavy atom. The number of urea groups is 1. The Morgan fingerprint density at radius 3 is 2.64 bits per heavy atom. The second-order valence-electron chi connectivity index (χ2n) is 11.9. The molecule has 0 spiro atoms. The van der Waals surface area contributed by atoms with Crippen LogP contribution in [0.25, 0.3) is 10.9 Å². The van der Waals surface area contributed by atoms with Gasteiger partial charge in [0.05, 0.1) is 25.2 Å². The van der Waals surface area contributed by atoms with Crippen LogP contribution < -0.4 is 20.9 Å². The van der Waals surface area contributed by atoms with Gasteiger partial charge in [-0.15, -0.1) is 0 Å². The molecular formula is C32H37N5O4S. The van der Waals surface area contributed by atoms with Crippen LogP contribution in [0.1, 0.15) is 61.4 Å². The average molecular weight is 588 g/mol. The minimum absolute atomic E-state index is 0.0547. The zero-order valence-corrected chi connectivity index (χ0v) is 24.5. The molecule has 1 aliphatic carbocycles. The van der Waals surface area contributed by atoms with Crippen molar-refractivity contribution in [1.29, 1.82) is 0 Å². The summed E-state index contributed by atoms with van der Waals surface area (Å²) in [4.78, 5) is 43.3.